The highest BCUT2D eigenvalue weighted by atomic mass is 32.2. The van der Waals surface area contributed by atoms with Crippen molar-refractivity contribution in [1.82, 2.24) is 19.4 Å². The number of amides is 1. The van der Waals surface area contributed by atoms with E-state index >= 15 is 0 Å². The number of rotatable bonds is 7. The van der Waals surface area contributed by atoms with E-state index in [0.717, 1.165) is 16.6 Å². The summed E-state index contributed by atoms with van der Waals surface area (Å²) in [6, 6.07) is 22.2. The molecule has 1 aliphatic rings. The fraction of sp³-hybridized carbons (Fsp3) is 0.115. The lowest BCUT2D eigenvalue weighted by Crippen LogP contribution is -2.30. The van der Waals surface area contributed by atoms with E-state index in [-0.39, 0.29) is 4.90 Å². The molecule has 4 N–H and O–H groups in total. The zero-order valence-corrected chi connectivity index (χ0v) is 22.4. The first-order valence-electron chi connectivity index (χ1n) is 11.7. The van der Waals surface area contributed by atoms with Crippen LogP contribution in [0, 0.1) is 0 Å². The lowest BCUT2D eigenvalue weighted by molar-refractivity contribution is -0.192. The molecule has 0 spiro atoms. The van der Waals surface area contributed by atoms with Crippen LogP contribution in [0.1, 0.15) is 23.0 Å². The Hall–Kier alpha value is -4.34. The van der Waals surface area contributed by atoms with Gasteiger partial charge >= 0.3 is 12.1 Å². The maximum atomic E-state index is 13.1. The first-order valence-corrected chi connectivity index (χ1v) is 14.3. The van der Waals surface area contributed by atoms with Crippen LogP contribution in [0.5, 0.6) is 0 Å². The number of carboxylic acids is 1. The van der Waals surface area contributed by atoms with Crippen LogP contribution in [0.3, 0.4) is 0 Å². The fourth-order valence-corrected chi connectivity index (χ4v) is 5.90. The highest BCUT2D eigenvalue weighted by Gasteiger charge is 2.38. The molecular weight excluding hydrogens is 585 g/mol. The van der Waals surface area contributed by atoms with Crippen molar-refractivity contribution in [2.24, 2.45) is 0 Å². The molecule has 15 heteroatoms. The van der Waals surface area contributed by atoms with Gasteiger partial charge in [-0.3, -0.25) is 9.52 Å². The summed E-state index contributed by atoms with van der Waals surface area (Å²) in [6.07, 6.45) is -3.44. The smallest absolute Gasteiger partial charge is 0.475 e. The third-order valence-corrected chi connectivity index (χ3v) is 8.29. The Balaban J connectivity index is 0.000000493. The highest BCUT2D eigenvalue weighted by molar-refractivity contribution is 7.94. The molecule has 10 nitrogen and oxygen atoms in total. The number of H-pyrrole nitrogens is 1. The predicted octanol–water partition coefficient (Wildman–Crippen LogP) is 3.59. The number of carbonyl (C=O) groups excluding carboxylic acids is 1. The monoisotopic (exact) mass is 606 g/mol. The summed E-state index contributed by atoms with van der Waals surface area (Å²) >= 11 is 0. The van der Waals surface area contributed by atoms with Crippen LogP contribution in [0.15, 0.2) is 89.8 Å². The number of alkyl halides is 3. The number of hydrogen-bond donors (Lipinski definition) is 4. The normalized spacial score (nSPS) is 15.9. The lowest BCUT2D eigenvalue weighted by atomic mass is 10.0. The minimum absolute atomic E-state index is 0.166. The summed E-state index contributed by atoms with van der Waals surface area (Å²) in [7, 11) is -5.38. The Kier molecular flexibility index (Phi) is 8.70. The van der Waals surface area contributed by atoms with Crippen molar-refractivity contribution >= 4 is 48.8 Å². The number of fused-ring (bicyclic) bond motifs is 1. The van der Waals surface area contributed by atoms with Crippen molar-refractivity contribution in [3.05, 3.63) is 102 Å². The van der Waals surface area contributed by atoms with Gasteiger partial charge in [0.1, 0.15) is 5.82 Å². The Labute approximate surface area is 234 Å². The van der Waals surface area contributed by atoms with Gasteiger partial charge in [0.15, 0.2) is 11.0 Å². The molecule has 3 aromatic carbocycles. The molecule has 0 radical (unpaired) electrons. The summed E-state index contributed by atoms with van der Waals surface area (Å²) in [5.74, 6) is -2.65. The second-order valence-electron chi connectivity index (χ2n) is 8.57. The number of halogens is 3. The van der Waals surface area contributed by atoms with Gasteiger partial charge in [-0.25, -0.2) is 27.1 Å². The molecule has 0 fully saturated rings. The molecule has 1 aromatic heterocycles. The minimum Gasteiger partial charge on any atom is -0.475 e. The van der Waals surface area contributed by atoms with Crippen LogP contribution in [0.25, 0.3) is 15.9 Å². The Bertz CT molecular complexity index is 1710. The molecule has 4 aromatic rings. The van der Waals surface area contributed by atoms with E-state index in [1.807, 2.05) is 36.4 Å². The Morgan fingerprint density at radius 3 is 2.17 bits per heavy atom. The number of aromatic nitrogens is 2. The van der Waals surface area contributed by atoms with E-state index in [2.05, 4.69) is 19.4 Å². The molecule has 0 saturated heterocycles. The number of imidazole rings is 1. The largest absolute Gasteiger partial charge is 0.490 e. The van der Waals surface area contributed by atoms with Gasteiger partial charge in [-0.15, -0.1) is 0 Å². The van der Waals surface area contributed by atoms with E-state index in [1.54, 1.807) is 30.3 Å². The van der Waals surface area contributed by atoms with E-state index < -0.39 is 45.1 Å². The molecule has 2 atom stereocenters. The van der Waals surface area contributed by atoms with Crippen molar-refractivity contribution in [2.75, 3.05) is 0 Å². The molecule has 1 unspecified atom stereocenters. The minimum atomic E-state index is -5.08. The number of carboxylic acid groups (broad SMARTS) is 1. The van der Waals surface area contributed by atoms with Crippen molar-refractivity contribution in [2.45, 2.75) is 23.5 Å². The fourth-order valence-electron chi connectivity index (χ4n) is 3.77. The Morgan fingerprint density at radius 2 is 1.61 bits per heavy atom. The lowest BCUT2D eigenvalue weighted by Gasteiger charge is -2.17. The van der Waals surface area contributed by atoms with E-state index in [4.69, 9.17) is 9.90 Å². The Morgan fingerprint density at radius 1 is 1.00 bits per heavy atom. The number of hydrogen-bond acceptors (Lipinski definition) is 6. The summed E-state index contributed by atoms with van der Waals surface area (Å²) in [5.41, 5.74) is 3.05. The summed E-state index contributed by atoms with van der Waals surface area (Å²) in [4.78, 5) is 28.8. The molecular formula is C26H21F3N4O6S2. The molecule has 41 heavy (non-hydrogen) atoms. The summed E-state index contributed by atoms with van der Waals surface area (Å²) < 4.78 is 75.1. The van der Waals surface area contributed by atoms with Crippen molar-refractivity contribution < 1.29 is 40.5 Å². The number of benzene rings is 3. The SMILES string of the molecule is O=C(O)C(F)(F)F.O=C1C=C(c2ccc(C[C@H](NS(=O)(=O)c3ccccc3)c3nc4ccccc4[nH]3)cc2)S(=O)N1. The summed E-state index contributed by atoms with van der Waals surface area (Å²) in [6.45, 7) is 0. The number of aliphatic carboxylic acids is 1. The van der Waals surface area contributed by atoms with Crippen molar-refractivity contribution in [3.8, 4) is 0 Å². The van der Waals surface area contributed by atoms with Gasteiger partial charge in [0.25, 0.3) is 5.91 Å². The first kappa shape index (κ1) is 29.6. The second-order valence-corrected chi connectivity index (χ2v) is 11.5. The molecule has 2 heterocycles. The maximum absolute atomic E-state index is 13.1. The topological polar surface area (TPSA) is 158 Å². The van der Waals surface area contributed by atoms with E-state index in [0.29, 0.717) is 22.7 Å². The average Bonchev–Trinajstić information content (AvgIpc) is 3.51. The van der Waals surface area contributed by atoms with Gasteiger partial charge < -0.3 is 10.1 Å². The average molecular weight is 607 g/mol. The molecule has 0 saturated carbocycles. The van der Waals surface area contributed by atoms with Crippen LogP contribution in [0.2, 0.25) is 0 Å². The van der Waals surface area contributed by atoms with Gasteiger partial charge in [-0.2, -0.15) is 13.2 Å². The van der Waals surface area contributed by atoms with Crippen LogP contribution in [-0.2, 0) is 37.0 Å². The molecule has 1 amide bonds. The zero-order valence-electron chi connectivity index (χ0n) is 20.8. The third-order valence-electron chi connectivity index (χ3n) is 5.66. The maximum Gasteiger partial charge on any atom is 0.490 e. The highest BCUT2D eigenvalue weighted by Crippen LogP contribution is 2.25. The third kappa shape index (κ3) is 7.45. The summed E-state index contributed by atoms with van der Waals surface area (Å²) in [5, 5.41) is 7.12. The van der Waals surface area contributed by atoms with Crippen LogP contribution in [0.4, 0.5) is 13.2 Å². The number of carbonyl (C=O) groups is 2. The number of nitrogens with zero attached hydrogens (tertiary/aromatic N) is 1. The molecule has 5 rings (SSSR count). The van der Waals surface area contributed by atoms with E-state index in [9.17, 15) is 30.6 Å². The van der Waals surface area contributed by atoms with Gasteiger partial charge in [-0.05, 0) is 41.8 Å². The number of para-hydroxylation sites is 2. The van der Waals surface area contributed by atoms with Crippen LogP contribution in [-0.4, -0.2) is 45.8 Å². The molecule has 0 bridgehead atoms. The van der Waals surface area contributed by atoms with Gasteiger partial charge in [-0.1, -0.05) is 54.6 Å². The van der Waals surface area contributed by atoms with Crippen LogP contribution >= 0.6 is 0 Å². The molecule has 1 aliphatic heterocycles. The van der Waals surface area contributed by atoms with Crippen molar-refractivity contribution in [1.29, 1.82) is 0 Å². The molecule has 0 aliphatic carbocycles. The van der Waals surface area contributed by atoms with Gasteiger partial charge in [0.2, 0.25) is 10.0 Å². The molecule has 214 valence electrons. The quantitative estimate of drug-likeness (QED) is 0.250. The predicted molar refractivity (Wildman–Crippen MR) is 144 cm³/mol. The van der Waals surface area contributed by atoms with Gasteiger partial charge in [0, 0.05) is 6.08 Å². The second kappa shape index (κ2) is 12.0. The van der Waals surface area contributed by atoms with E-state index in [1.165, 1.54) is 18.2 Å². The number of aromatic amines is 1. The van der Waals surface area contributed by atoms with Crippen molar-refractivity contribution in [3.63, 3.8) is 0 Å². The first-order chi connectivity index (χ1) is 19.3. The van der Waals surface area contributed by atoms with Gasteiger partial charge in [0.05, 0.1) is 26.9 Å². The number of sulfonamides is 1. The number of nitrogens with one attached hydrogen (secondary N) is 3. The standard InChI is InChI=1S/C24H20N4O4S2.C2HF3O2/c29-23-15-22(33(30)27-23)17-12-10-16(11-13-17)14-21(24-25-19-8-4-5-9-20(19)26-24)28-34(31,32)18-6-2-1-3-7-18;3-2(4,5)1(6)7/h1-13,15,21,28H,14H2,(H,25,26)(H,27,29);(H,6,7)/t21-,33?;/m0./s1. The van der Waals surface area contributed by atoms with Crippen LogP contribution < -0.4 is 9.44 Å². The zero-order chi connectivity index (χ0) is 29.8.